The van der Waals surface area contributed by atoms with Crippen LogP contribution in [0, 0.1) is 5.92 Å². The van der Waals surface area contributed by atoms with Crippen molar-refractivity contribution >= 4 is 6.09 Å². The van der Waals surface area contributed by atoms with Crippen molar-refractivity contribution in [1.29, 1.82) is 0 Å². The molecule has 0 bridgehead atoms. The van der Waals surface area contributed by atoms with Gasteiger partial charge in [-0.3, -0.25) is 0 Å². The van der Waals surface area contributed by atoms with Crippen molar-refractivity contribution in [2.24, 2.45) is 5.92 Å². The Morgan fingerprint density at radius 2 is 2.18 bits per heavy atom. The van der Waals surface area contributed by atoms with Gasteiger partial charge in [0.15, 0.2) is 0 Å². The molecule has 1 rings (SSSR count). The number of rotatable bonds is 3. The number of hydrogen-bond acceptors (Lipinski definition) is 3. The highest BCUT2D eigenvalue weighted by molar-refractivity contribution is 5.68. The van der Waals surface area contributed by atoms with E-state index in [9.17, 15) is 4.79 Å². The van der Waals surface area contributed by atoms with E-state index in [2.05, 4.69) is 17.6 Å². The van der Waals surface area contributed by atoms with Crippen LogP contribution in [0.2, 0.25) is 0 Å². The van der Waals surface area contributed by atoms with Crippen molar-refractivity contribution in [3.8, 4) is 0 Å². The first-order valence-corrected chi connectivity index (χ1v) is 6.62. The molecule has 1 amide bonds. The summed E-state index contributed by atoms with van der Waals surface area (Å²) in [4.78, 5) is 11.7. The SMILES string of the molecule is CCC[C@H]1CCNC[C@@H]1NC(=O)OC(C)(C)C. The minimum absolute atomic E-state index is 0.207. The predicted octanol–water partition coefficient (Wildman–Crippen LogP) is 2.29. The van der Waals surface area contributed by atoms with Crippen LogP contribution in [0.5, 0.6) is 0 Å². The Bertz CT molecular complexity index is 246. The first-order chi connectivity index (χ1) is 7.92. The molecule has 0 aromatic carbocycles. The topological polar surface area (TPSA) is 50.4 Å². The normalized spacial score (nSPS) is 25.4. The van der Waals surface area contributed by atoms with Crippen molar-refractivity contribution in [2.75, 3.05) is 13.1 Å². The first-order valence-electron chi connectivity index (χ1n) is 6.62. The van der Waals surface area contributed by atoms with E-state index >= 15 is 0 Å². The summed E-state index contributed by atoms with van der Waals surface area (Å²) in [7, 11) is 0. The Morgan fingerprint density at radius 3 is 2.76 bits per heavy atom. The molecule has 2 atom stereocenters. The molecular formula is C13H26N2O2. The van der Waals surface area contributed by atoms with Crippen LogP contribution in [0.1, 0.15) is 47.0 Å². The van der Waals surface area contributed by atoms with E-state index in [-0.39, 0.29) is 12.1 Å². The molecule has 1 heterocycles. The lowest BCUT2D eigenvalue weighted by molar-refractivity contribution is 0.0472. The Hall–Kier alpha value is -0.770. The lowest BCUT2D eigenvalue weighted by Crippen LogP contribution is -2.52. The van der Waals surface area contributed by atoms with Gasteiger partial charge in [-0.1, -0.05) is 13.3 Å². The lowest BCUT2D eigenvalue weighted by atomic mass is 9.89. The van der Waals surface area contributed by atoms with Gasteiger partial charge >= 0.3 is 6.09 Å². The molecule has 4 nitrogen and oxygen atoms in total. The van der Waals surface area contributed by atoms with Gasteiger partial charge in [-0.15, -0.1) is 0 Å². The molecule has 4 heteroatoms. The molecule has 0 saturated carbocycles. The third-order valence-corrected chi connectivity index (χ3v) is 2.99. The van der Waals surface area contributed by atoms with E-state index in [1.54, 1.807) is 0 Å². The predicted molar refractivity (Wildman–Crippen MR) is 69.0 cm³/mol. The zero-order valence-corrected chi connectivity index (χ0v) is 11.5. The zero-order chi connectivity index (χ0) is 12.9. The van der Waals surface area contributed by atoms with Gasteiger partial charge in [0.1, 0.15) is 5.60 Å². The minimum atomic E-state index is -0.424. The Morgan fingerprint density at radius 1 is 1.47 bits per heavy atom. The third kappa shape index (κ3) is 5.39. The molecule has 0 aromatic rings. The van der Waals surface area contributed by atoms with Crippen LogP contribution < -0.4 is 10.6 Å². The standard InChI is InChI=1S/C13H26N2O2/c1-5-6-10-7-8-14-9-11(10)15-12(16)17-13(2,3)4/h10-11,14H,5-9H2,1-4H3,(H,15,16)/t10-,11-/m0/s1. The molecule has 0 radical (unpaired) electrons. The van der Waals surface area contributed by atoms with Gasteiger partial charge in [-0.2, -0.15) is 0 Å². The maximum Gasteiger partial charge on any atom is 0.407 e. The highest BCUT2D eigenvalue weighted by Gasteiger charge is 2.27. The van der Waals surface area contributed by atoms with E-state index in [1.807, 2.05) is 20.8 Å². The monoisotopic (exact) mass is 242 g/mol. The second-order valence-corrected chi connectivity index (χ2v) is 5.79. The summed E-state index contributed by atoms with van der Waals surface area (Å²) in [5.74, 6) is 0.578. The molecule has 1 fully saturated rings. The molecule has 0 unspecified atom stereocenters. The number of alkyl carbamates (subject to hydrolysis) is 1. The van der Waals surface area contributed by atoms with Crippen molar-refractivity contribution in [1.82, 2.24) is 10.6 Å². The van der Waals surface area contributed by atoms with Gasteiger partial charge in [-0.05, 0) is 46.1 Å². The van der Waals surface area contributed by atoms with Crippen molar-refractivity contribution in [3.05, 3.63) is 0 Å². The molecule has 100 valence electrons. The second-order valence-electron chi connectivity index (χ2n) is 5.79. The highest BCUT2D eigenvalue weighted by Crippen LogP contribution is 2.19. The number of carbonyl (C=O) groups excluding carboxylic acids is 1. The minimum Gasteiger partial charge on any atom is -0.444 e. The summed E-state index contributed by atoms with van der Waals surface area (Å²) < 4.78 is 5.29. The summed E-state index contributed by atoms with van der Waals surface area (Å²) >= 11 is 0. The fourth-order valence-corrected chi connectivity index (χ4v) is 2.26. The summed E-state index contributed by atoms with van der Waals surface area (Å²) in [5, 5.41) is 6.31. The molecule has 17 heavy (non-hydrogen) atoms. The summed E-state index contributed by atoms with van der Waals surface area (Å²) in [6, 6.07) is 0.207. The summed E-state index contributed by atoms with van der Waals surface area (Å²) in [6.45, 7) is 9.74. The average molecular weight is 242 g/mol. The maximum atomic E-state index is 11.7. The third-order valence-electron chi connectivity index (χ3n) is 2.99. The van der Waals surface area contributed by atoms with Gasteiger partial charge in [-0.25, -0.2) is 4.79 Å². The molecular weight excluding hydrogens is 216 g/mol. The molecule has 0 spiro atoms. The first kappa shape index (κ1) is 14.3. The van der Waals surface area contributed by atoms with Crippen molar-refractivity contribution < 1.29 is 9.53 Å². The molecule has 1 aliphatic heterocycles. The van der Waals surface area contributed by atoms with Gasteiger partial charge in [0.25, 0.3) is 0 Å². The number of nitrogens with one attached hydrogen (secondary N) is 2. The fraction of sp³-hybridized carbons (Fsp3) is 0.923. The number of piperidine rings is 1. The van der Waals surface area contributed by atoms with E-state index in [4.69, 9.17) is 4.74 Å². The smallest absolute Gasteiger partial charge is 0.407 e. The van der Waals surface area contributed by atoms with Crippen LogP contribution in [0.3, 0.4) is 0 Å². The largest absolute Gasteiger partial charge is 0.444 e. The Balaban J connectivity index is 2.44. The van der Waals surface area contributed by atoms with Gasteiger partial charge in [0.2, 0.25) is 0 Å². The molecule has 0 aromatic heterocycles. The molecule has 2 N–H and O–H groups in total. The average Bonchev–Trinajstić information content (AvgIpc) is 2.18. The van der Waals surface area contributed by atoms with Crippen LogP contribution >= 0.6 is 0 Å². The van der Waals surface area contributed by atoms with Crippen molar-refractivity contribution in [2.45, 2.75) is 58.6 Å². The van der Waals surface area contributed by atoms with Gasteiger partial charge in [0, 0.05) is 12.6 Å². The maximum absolute atomic E-state index is 11.7. The Labute approximate surface area is 104 Å². The number of hydrogen-bond donors (Lipinski definition) is 2. The van der Waals surface area contributed by atoms with E-state index in [0.29, 0.717) is 5.92 Å². The van der Waals surface area contributed by atoms with E-state index < -0.39 is 5.60 Å². The molecule has 1 saturated heterocycles. The zero-order valence-electron chi connectivity index (χ0n) is 11.5. The lowest BCUT2D eigenvalue weighted by Gasteiger charge is -2.33. The van der Waals surface area contributed by atoms with E-state index in [0.717, 1.165) is 25.9 Å². The van der Waals surface area contributed by atoms with Crippen LogP contribution in [-0.4, -0.2) is 30.8 Å². The summed E-state index contributed by atoms with van der Waals surface area (Å²) in [6.07, 6.45) is 3.17. The van der Waals surface area contributed by atoms with Crippen molar-refractivity contribution in [3.63, 3.8) is 0 Å². The van der Waals surface area contributed by atoms with Gasteiger partial charge < -0.3 is 15.4 Å². The highest BCUT2D eigenvalue weighted by atomic mass is 16.6. The summed E-state index contributed by atoms with van der Waals surface area (Å²) in [5.41, 5.74) is -0.424. The molecule has 0 aliphatic carbocycles. The number of amides is 1. The van der Waals surface area contributed by atoms with Crippen LogP contribution in [0.15, 0.2) is 0 Å². The van der Waals surface area contributed by atoms with Crippen LogP contribution in [0.25, 0.3) is 0 Å². The second kappa shape index (κ2) is 6.24. The van der Waals surface area contributed by atoms with E-state index in [1.165, 1.54) is 6.42 Å². The van der Waals surface area contributed by atoms with Gasteiger partial charge in [0.05, 0.1) is 0 Å². The number of ether oxygens (including phenoxy) is 1. The van der Waals surface area contributed by atoms with Crippen LogP contribution in [-0.2, 0) is 4.74 Å². The Kier molecular flexibility index (Phi) is 5.25. The number of carbonyl (C=O) groups is 1. The van der Waals surface area contributed by atoms with Crippen LogP contribution in [0.4, 0.5) is 4.79 Å². The quantitative estimate of drug-likeness (QED) is 0.798. The molecule has 1 aliphatic rings. The fourth-order valence-electron chi connectivity index (χ4n) is 2.26.